The van der Waals surface area contributed by atoms with Crippen LogP contribution in [0.15, 0.2) is 59.5 Å². The molecule has 0 saturated carbocycles. The lowest BCUT2D eigenvalue weighted by molar-refractivity contribution is -0.140. The number of benzene rings is 2. The van der Waals surface area contributed by atoms with E-state index in [4.69, 9.17) is 9.84 Å². The number of carboxylic acid groups (broad SMARTS) is 1. The van der Waals surface area contributed by atoms with Crippen molar-refractivity contribution in [3.63, 3.8) is 0 Å². The molecule has 0 aliphatic carbocycles. The lowest BCUT2D eigenvalue weighted by atomic mass is 10.2. The molecule has 0 radical (unpaired) electrons. The number of hydrogen-bond acceptors (Lipinski definition) is 5. The molecule has 2 aromatic rings. The molecule has 27 heavy (non-hydrogen) atoms. The molecular formula is C20H17NO5S. The van der Waals surface area contributed by atoms with Crippen LogP contribution in [0.25, 0.3) is 6.08 Å². The molecule has 1 heterocycles. The molecule has 2 amide bonds. The highest BCUT2D eigenvalue weighted by Gasteiger charge is 2.36. The average molecular weight is 383 g/mol. The van der Waals surface area contributed by atoms with E-state index >= 15 is 0 Å². The van der Waals surface area contributed by atoms with Gasteiger partial charge in [-0.15, -0.1) is 0 Å². The third-order valence-corrected chi connectivity index (χ3v) is 4.75. The molecule has 1 fully saturated rings. The predicted molar refractivity (Wildman–Crippen MR) is 102 cm³/mol. The van der Waals surface area contributed by atoms with Crippen LogP contribution in [0.3, 0.4) is 0 Å². The van der Waals surface area contributed by atoms with Gasteiger partial charge in [0.25, 0.3) is 11.1 Å². The summed E-state index contributed by atoms with van der Waals surface area (Å²) < 4.78 is 5.71. The standard InChI is InChI=1S/C20H17NO5S/c22-18(23)13-21-19(24)17(27-20(21)25)12-15-6-8-16(9-7-15)26-11-10-14-4-2-1-3-5-14/h1-9,12H,10-11,13H2,(H,22,23)/b17-12+. The number of ether oxygens (including phenoxy) is 1. The third kappa shape index (κ3) is 4.98. The lowest BCUT2D eigenvalue weighted by Crippen LogP contribution is -2.33. The average Bonchev–Trinajstić information content (AvgIpc) is 2.91. The Morgan fingerprint density at radius 3 is 2.44 bits per heavy atom. The molecule has 0 atom stereocenters. The van der Waals surface area contributed by atoms with Gasteiger partial charge in [0.15, 0.2) is 0 Å². The number of carbonyl (C=O) groups excluding carboxylic acids is 2. The van der Waals surface area contributed by atoms with Crippen LogP contribution < -0.4 is 4.74 Å². The van der Waals surface area contributed by atoms with Gasteiger partial charge in [-0.25, -0.2) is 0 Å². The van der Waals surface area contributed by atoms with Crippen molar-refractivity contribution in [2.75, 3.05) is 13.2 Å². The van der Waals surface area contributed by atoms with Crippen LogP contribution in [-0.2, 0) is 16.0 Å². The first-order valence-electron chi connectivity index (χ1n) is 8.27. The van der Waals surface area contributed by atoms with E-state index in [0.717, 1.165) is 28.6 Å². The van der Waals surface area contributed by atoms with Crippen LogP contribution in [0.2, 0.25) is 0 Å². The van der Waals surface area contributed by atoms with Crippen molar-refractivity contribution in [3.8, 4) is 5.75 Å². The fraction of sp³-hybridized carbons (Fsp3) is 0.150. The minimum absolute atomic E-state index is 0.207. The van der Waals surface area contributed by atoms with Crippen molar-refractivity contribution in [3.05, 3.63) is 70.6 Å². The quantitative estimate of drug-likeness (QED) is 0.738. The molecule has 0 aromatic heterocycles. The second-order valence-corrected chi connectivity index (χ2v) is 6.81. The third-order valence-electron chi connectivity index (χ3n) is 3.85. The largest absolute Gasteiger partial charge is 0.493 e. The van der Waals surface area contributed by atoms with E-state index in [0.29, 0.717) is 12.4 Å². The van der Waals surface area contributed by atoms with E-state index in [-0.39, 0.29) is 4.91 Å². The van der Waals surface area contributed by atoms with Gasteiger partial charge in [0.05, 0.1) is 11.5 Å². The molecule has 1 aliphatic heterocycles. The van der Waals surface area contributed by atoms with Crippen LogP contribution in [0.1, 0.15) is 11.1 Å². The summed E-state index contributed by atoms with van der Waals surface area (Å²) in [5.41, 5.74) is 1.93. The number of carbonyl (C=O) groups is 3. The van der Waals surface area contributed by atoms with Gasteiger partial charge in [-0.2, -0.15) is 0 Å². The van der Waals surface area contributed by atoms with Crippen molar-refractivity contribution in [1.29, 1.82) is 0 Å². The van der Waals surface area contributed by atoms with Crippen LogP contribution in [0, 0.1) is 0 Å². The molecule has 1 aliphatic rings. The first-order chi connectivity index (χ1) is 13.0. The summed E-state index contributed by atoms with van der Waals surface area (Å²) in [6, 6.07) is 17.2. The van der Waals surface area contributed by atoms with Gasteiger partial charge in [0.1, 0.15) is 12.3 Å². The molecule has 0 spiro atoms. The molecule has 2 aromatic carbocycles. The summed E-state index contributed by atoms with van der Waals surface area (Å²) in [5, 5.41) is 8.20. The van der Waals surface area contributed by atoms with Gasteiger partial charge in [0, 0.05) is 6.42 Å². The van der Waals surface area contributed by atoms with Crippen molar-refractivity contribution >= 4 is 35.0 Å². The summed E-state index contributed by atoms with van der Waals surface area (Å²) in [7, 11) is 0. The highest BCUT2D eigenvalue weighted by Crippen LogP contribution is 2.32. The van der Waals surface area contributed by atoms with E-state index in [2.05, 4.69) is 0 Å². The Kier molecular flexibility index (Phi) is 5.93. The Bertz CT molecular complexity index is 877. The van der Waals surface area contributed by atoms with E-state index < -0.39 is 23.7 Å². The second kappa shape index (κ2) is 8.55. The molecule has 6 nitrogen and oxygen atoms in total. The molecule has 1 saturated heterocycles. The first kappa shape index (κ1) is 18.7. The maximum absolute atomic E-state index is 12.1. The van der Waals surface area contributed by atoms with E-state index in [1.54, 1.807) is 30.3 Å². The monoisotopic (exact) mass is 383 g/mol. The van der Waals surface area contributed by atoms with E-state index in [1.165, 1.54) is 5.56 Å². The number of imide groups is 1. The van der Waals surface area contributed by atoms with Gasteiger partial charge < -0.3 is 9.84 Å². The lowest BCUT2D eigenvalue weighted by Gasteiger charge is -2.08. The second-order valence-electron chi connectivity index (χ2n) is 5.81. The van der Waals surface area contributed by atoms with Crippen molar-refractivity contribution in [2.45, 2.75) is 6.42 Å². The minimum atomic E-state index is -1.23. The van der Waals surface area contributed by atoms with Gasteiger partial charge in [-0.05, 0) is 41.1 Å². The maximum Gasteiger partial charge on any atom is 0.323 e. The Labute approximate surface area is 160 Å². The highest BCUT2D eigenvalue weighted by molar-refractivity contribution is 8.18. The highest BCUT2D eigenvalue weighted by atomic mass is 32.2. The topological polar surface area (TPSA) is 83.9 Å². The molecule has 138 valence electrons. The Balaban J connectivity index is 1.59. The van der Waals surface area contributed by atoms with E-state index in [1.807, 2.05) is 30.3 Å². The Hall–Kier alpha value is -3.06. The summed E-state index contributed by atoms with van der Waals surface area (Å²) in [4.78, 5) is 35.5. The fourth-order valence-electron chi connectivity index (χ4n) is 2.51. The van der Waals surface area contributed by atoms with Gasteiger partial charge in [-0.1, -0.05) is 42.5 Å². The molecule has 1 N–H and O–H groups in total. The van der Waals surface area contributed by atoms with Crippen LogP contribution >= 0.6 is 11.8 Å². The number of aliphatic carboxylic acids is 1. The van der Waals surface area contributed by atoms with Crippen LogP contribution in [0.5, 0.6) is 5.75 Å². The normalized spacial score (nSPS) is 15.4. The molecule has 3 rings (SSSR count). The van der Waals surface area contributed by atoms with Crippen molar-refractivity contribution < 1.29 is 24.2 Å². The Morgan fingerprint density at radius 1 is 1.07 bits per heavy atom. The fourth-order valence-corrected chi connectivity index (χ4v) is 3.35. The molecule has 7 heteroatoms. The smallest absolute Gasteiger partial charge is 0.323 e. The number of rotatable bonds is 7. The van der Waals surface area contributed by atoms with Crippen molar-refractivity contribution in [1.82, 2.24) is 4.90 Å². The SMILES string of the molecule is O=C(O)CN1C(=O)S/C(=C/c2ccc(OCCc3ccccc3)cc2)C1=O. The van der Waals surface area contributed by atoms with Gasteiger partial charge in [0.2, 0.25) is 0 Å². The first-order valence-corrected chi connectivity index (χ1v) is 9.08. The van der Waals surface area contributed by atoms with E-state index in [9.17, 15) is 14.4 Å². The predicted octanol–water partition coefficient (Wildman–Crippen LogP) is 3.43. The number of carboxylic acids is 1. The molecule has 0 unspecified atom stereocenters. The number of nitrogens with zero attached hydrogens (tertiary/aromatic N) is 1. The summed E-state index contributed by atoms with van der Waals surface area (Å²) in [5.74, 6) is -1.10. The summed E-state index contributed by atoms with van der Waals surface area (Å²) in [6.45, 7) is -0.0758. The maximum atomic E-state index is 12.1. The zero-order valence-electron chi connectivity index (χ0n) is 14.3. The summed E-state index contributed by atoms with van der Waals surface area (Å²) in [6.07, 6.45) is 2.37. The summed E-state index contributed by atoms with van der Waals surface area (Å²) >= 11 is 0.738. The zero-order chi connectivity index (χ0) is 19.2. The Morgan fingerprint density at radius 2 is 1.78 bits per heavy atom. The van der Waals surface area contributed by atoms with Crippen LogP contribution in [-0.4, -0.2) is 40.3 Å². The number of hydrogen-bond donors (Lipinski definition) is 1. The zero-order valence-corrected chi connectivity index (χ0v) is 15.1. The minimum Gasteiger partial charge on any atom is -0.493 e. The number of thioether (sulfide) groups is 1. The van der Waals surface area contributed by atoms with Crippen molar-refractivity contribution in [2.24, 2.45) is 0 Å². The van der Waals surface area contributed by atoms with Gasteiger partial charge >= 0.3 is 5.97 Å². The van der Waals surface area contributed by atoms with Crippen LogP contribution in [0.4, 0.5) is 4.79 Å². The van der Waals surface area contributed by atoms with Gasteiger partial charge in [-0.3, -0.25) is 19.3 Å². The number of amides is 2. The molecule has 0 bridgehead atoms. The molecular weight excluding hydrogens is 366 g/mol.